The molecule has 6 nitrogen and oxygen atoms in total. The lowest BCUT2D eigenvalue weighted by atomic mass is 10.1. The minimum atomic E-state index is 0.128. The Kier molecular flexibility index (Phi) is 4.14. The van der Waals surface area contributed by atoms with Gasteiger partial charge in [-0.25, -0.2) is 9.67 Å². The van der Waals surface area contributed by atoms with Crippen LogP contribution >= 0.6 is 0 Å². The maximum absolute atomic E-state index is 11.6. The molecule has 0 bridgehead atoms. The van der Waals surface area contributed by atoms with E-state index in [1.165, 1.54) is 6.33 Å². The van der Waals surface area contributed by atoms with Gasteiger partial charge in [-0.05, 0) is 30.5 Å². The average molecular weight is 285 g/mol. The second kappa shape index (κ2) is 6.39. The fourth-order valence-electron chi connectivity index (χ4n) is 2.59. The summed E-state index contributed by atoms with van der Waals surface area (Å²) >= 11 is 0. The van der Waals surface area contributed by atoms with Crippen molar-refractivity contribution >= 4 is 11.6 Å². The number of hydrogen-bond donors (Lipinski definition) is 2. The van der Waals surface area contributed by atoms with Crippen LogP contribution in [-0.2, 0) is 11.3 Å². The number of carbonyl (C=O) groups excluding carboxylic acids is 1. The van der Waals surface area contributed by atoms with Crippen LogP contribution in [0.2, 0.25) is 0 Å². The topological polar surface area (TPSA) is 71.8 Å². The molecule has 2 aromatic rings. The van der Waals surface area contributed by atoms with Gasteiger partial charge >= 0.3 is 0 Å². The highest BCUT2D eigenvalue weighted by atomic mass is 16.1. The van der Waals surface area contributed by atoms with E-state index in [0.717, 1.165) is 30.6 Å². The maximum Gasteiger partial charge on any atom is 0.222 e. The zero-order valence-corrected chi connectivity index (χ0v) is 11.8. The van der Waals surface area contributed by atoms with Crippen LogP contribution in [0.5, 0.6) is 0 Å². The smallest absolute Gasteiger partial charge is 0.222 e. The summed E-state index contributed by atoms with van der Waals surface area (Å²) in [5.74, 6) is 0.128. The van der Waals surface area contributed by atoms with Gasteiger partial charge in [0, 0.05) is 24.7 Å². The molecule has 1 amide bonds. The van der Waals surface area contributed by atoms with Crippen LogP contribution in [0.4, 0.5) is 5.69 Å². The van der Waals surface area contributed by atoms with Gasteiger partial charge in [-0.2, -0.15) is 5.10 Å². The third-order valence-corrected chi connectivity index (χ3v) is 3.59. The van der Waals surface area contributed by atoms with Crippen LogP contribution < -0.4 is 10.6 Å². The molecule has 2 N–H and O–H groups in total. The number of anilines is 1. The molecule has 6 heteroatoms. The van der Waals surface area contributed by atoms with Gasteiger partial charge in [-0.15, -0.1) is 0 Å². The van der Waals surface area contributed by atoms with Gasteiger partial charge in [0.15, 0.2) is 0 Å². The molecule has 3 rings (SSSR count). The van der Waals surface area contributed by atoms with E-state index in [2.05, 4.69) is 32.8 Å². The normalized spacial score (nSPS) is 18.9. The molecule has 0 saturated carbocycles. The van der Waals surface area contributed by atoms with Gasteiger partial charge in [-0.3, -0.25) is 4.79 Å². The van der Waals surface area contributed by atoms with E-state index < -0.39 is 0 Å². The van der Waals surface area contributed by atoms with E-state index in [0.29, 0.717) is 13.0 Å². The van der Waals surface area contributed by atoms with Gasteiger partial charge in [0.05, 0.1) is 6.54 Å². The van der Waals surface area contributed by atoms with Crippen molar-refractivity contribution in [1.82, 2.24) is 20.1 Å². The Bertz CT molecular complexity index is 596. The zero-order valence-electron chi connectivity index (χ0n) is 11.8. The van der Waals surface area contributed by atoms with Crippen LogP contribution in [0.3, 0.4) is 0 Å². The Balaban J connectivity index is 1.66. The van der Waals surface area contributed by atoms with Crippen molar-refractivity contribution in [3.63, 3.8) is 0 Å². The summed E-state index contributed by atoms with van der Waals surface area (Å²) < 4.78 is 1.79. The number of rotatable bonds is 4. The lowest BCUT2D eigenvalue weighted by Gasteiger charge is -2.17. The molecular weight excluding hydrogens is 266 g/mol. The molecule has 1 aliphatic rings. The van der Waals surface area contributed by atoms with E-state index in [4.69, 9.17) is 0 Å². The van der Waals surface area contributed by atoms with Crippen LogP contribution in [0, 0.1) is 0 Å². The molecular formula is C15H19N5O. The first kappa shape index (κ1) is 13.6. The molecule has 0 aliphatic carbocycles. The first-order valence-corrected chi connectivity index (χ1v) is 7.24. The molecule has 1 saturated heterocycles. The summed E-state index contributed by atoms with van der Waals surface area (Å²) in [5.41, 5.74) is 2.20. The van der Waals surface area contributed by atoms with Gasteiger partial charge in [0.2, 0.25) is 5.91 Å². The monoisotopic (exact) mass is 285 g/mol. The Morgan fingerprint density at radius 2 is 2.38 bits per heavy atom. The Morgan fingerprint density at radius 1 is 1.43 bits per heavy atom. The largest absolute Gasteiger partial charge is 0.382 e. The molecule has 1 aromatic heterocycles. The minimum Gasteiger partial charge on any atom is -0.382 e. The van der Waals surface area contributed by atoms with Gasteiger partial charge in [0.1, 0.15) is 12.7 Å². The lowest BCUT2D eigenvalue weighted by Crippen LogP contribution is -2.26. The van der Waals surface area contributed by atoms with Gasteiger partial charge < -0.3 is 10.6 Å². The van der Waals surface area contributed by atoms with E-state index in [1.807, 2.05) is 12.1 Å². The summed E-state index contributed by atoms with van der Waals surface area (Å²) in [7, 11) is 0. The number of aromatic nitrogens is 3. The van der Waals surface area contributed by atoms with E-state index >= 15 is 0 Å². The second-order valence-corrected chi connectivity index (χ2v) is 5.33. The number of benzene rings is 1. The number of carbonyl (C=O) groups is 1. The predicted octanol–water partition coefficient (Wildman–Crippen LogP) is 1.41. The van der Waals surface area contributed by atoms with Crippen molar-refractivity contribution < 1.29 is 4.79 Å². The summed E-state index contributed by atoms with van der Waals surface area (Å²) in [6.07, 6.45) is 5.80. The molecule has 1 atom stereocenters. The Labute approximate surface area is 123 Å². The third kappa shape index (κ3) is 3.81. The van der Waals surface area contributed by atoms with Gasteiger partial charge in [-0.1, -0.05) is 12.1 Å². The Morgan fingerprint density at radius 3 is 3.24 bits per heavy atom. The molecule has 21 heavy (non-hydrogen) atoms. The molecule has 1 aromatic carbocycles. The third-order valence-electron chi connectivity index (χ3n) is 3.59. The standard InChI is InChI=1S/C15H19N5O/c21-15-8-14(5-2-6-17-15)19-13-4-1-3-12(7-13)9-20-11-16-10-18-20/h1,3-4,7,10-11,14,19H,2,5-6,8-9H2,(H,17,21). The van der Waals surface area contributed by atoms with E-state index in [-0.39, 0.29) is 11.9 Å². The Hall–Kier alpha value is -2.37. The summed E-state index contributed by atoms with van der Waals surface area (Å²) in [6, 6.07) is 8.42. The first-order valence-electron chi connectivity index (χ1n) is 7.24. The minimum absolute atomic E-state index is 0.128. The second-order valence-electron chi connectivity index (χ2n) is 5.33. The summed E-state index contributed by atoms with van der Waals surface area (Å²) in [4.78, 5) is 15.5. The van der Waals surface area contributed by atoms with Crippen molar-refractivity contribution in [2.24, 2.45) is 0 Å². The van der Waals surface area contributed by atoms with Crippen molar-refractivity contribution in [3.05, 3.63) is 42.5 Å². The molecule has 1 aliphatic heterocycles. The highest BCUT2D eigenvalue weighted by molar-refractivity contribution is 5.77. The van der Waals surface area contributed by atoms with E-state index in [9.17, 15) is 4.79 Å². The molecule has 2 heterocycles. The SMILES string of the molecule is O=C1CC(Nc2cccc(Cn3cncn3)c2)CCCN1. The van der Waals surface area contributed by atoms with Crippen LogP contribution in [0.25, 0.3) is 0 Å². The van der Waals surface area contributed by atoms with Gasteiger partial charge in [0.25, 0.3) is 0 Å². The summed E-state index contributed by atoms with van der Waals surface area (Å²) in [6.45, 7) is 1.48. The quantitative estimate of drug-likeness (QED) is 0.891. The van der Waals surface area contributed by atoms with Crippen molar-refractivity contribution in [1.29, 1.82) is 0 Å². The number of amides is 1. The number of hydrogen-bond acceptors (Lipinski definition) is 4. The zero-order chi connectivity index (χ0) is 14.5. The summed E-state index contributed by atoms with van der Waals surface area (Å²) in [5, 5.41) is 10.5. The lowest BCUT2D eigenvalue weighted by molar-refractivity contribution is -0.120. The molecule has 110 valence electrons. The number of nitrogens with one attached hydrogen (secondary N) is 2. The van der Waals surface area contributed by atoms with Crippen molar-refractivity contribution in [2.45, 2.75) is 31.8 Å². The first-order chi connectivity index (χ1) is 10.3. The fraction of sp³-hybridized carbons (Fsp3) is 0.400. The van der Waals surface area contributed by atoms with Crippen molar-refractivity contribution in [3.8, 4) is 0 Å². The molecule has 1 fully saturated rings. The molecule has 1 unspecified atom stereocenters. The van der Waals surface area contributed by atoms with Crippen LogP contribution in [0.15, 0.2) is 36.9 Å². The average Bonchev–Trinajstić information content (AvgIpc) is 2.88. The van der Waals surface area contributed by atoms with Crippen molar-refractivity contribution in [2.75, 3.05) is 11.9 Å². The highest BCUT2D eigenvalue weighted by Gasteiger charge is 2.16. The predicted molar refractivity (Wildman–Crippen MR) is 79.8 cm³/mol. The fourth-order valence-corrected chi connectivity index (χ4v) is 2.59. The molecule has 0 spiro atoms. The van der Waals surface area contributed by atoms with Crippen LogP contribution in [-0.4, -0.2) is 33.3 Å². The highest BCUT2D eigenvalue weighted by Crippen LogP contribution is 2.17. The number of nitrogens with zero attached hydrogens (tertiary/aromatic N) is 3. The van der Waals surface area contributed by atoms with E-state index in [1.54, 1.807) is 11.0 Å². The molecule has 0 radical (unpaired) electrons. The maximum atomic E-state index is 11.6. The van der Waals surface area contributed by atoms with Crippen LogP contribution in [0.1, 0.15) is 24.8 Å².